The zero-order chi connectivity index (χ0) is 15.6. The van der Waals surface area contributed by atoms with Crippen LogP contribution in [0.25, 0.3) is 0 Å². The zero-order valence-corrected chi connectivity index (χ0v) is 14.4. The van der Waals surface area contributed by atoms with E-state index in [1.54, 1.807) is 6.07 Å². The highest BCUT2D eigenvalue weighted by atomic mass is 79.9. The van der Waals surface area contributed by atoms with Crippen molar-refractivity contribution >= 4 is 31.9 Å². The van der Waals surface area contributed by atoms with Crippen LogP contribution in [0, 0.1) is 0 Å². The summed E-state index contributed by atoms with van der Waals surface area (Å²) in [6, 6.07) is 11.8. The van der Waals surface area contributed by atoms with Crippen LogP contribution in [-0.2, 0) is 12.6 Å². The Balaban J connectivity index is 2.44. The summed E-state index contributed by atoms with van der Waals surface area (Å²) in [5.74, 6) is 0. The minimum Gasteiger partial charge on any atom is -0.166 e. The average Bonchev–Trinajstić information content (AvgIpc) is 2.45. The van der Waals surface area contributed by atoms with Gasteiger partial charge >= 0.3 is 6.18 Å². The number of hydrogen-bond donors (Lipinski definition) is 0. The van der Waals surface area contributed by atoms with E-state index in [0.29, 0.717) is 4.47 Å². The zero-order valence-electron chi connectivity index (χ0n) is 11.2. The Morgan fingerprint density at radius 2 is 1.67 bits per heavy atom. The molecular weight excluding hydrogens is 409 g/mol. The number of alkyl halides is 4. The smallest absolute Gasteiger partial charge is 0.166 e. The molecule has 0 aliphatic carbocycles. The Morgan fingerprint density at radius 3 is 2.19 bits per heavy atom. The van der Waals surface area contributed by atoms with Gasteiger partial charge < -0.3 is 0 Å². The molecule has 5 heteroatoms. The summed E-state index contributed by atoms with van der Waals surface area (Å²) >= 11 is 6.49. The molecule has 0 N–H and O–H groups in total. The van der Waals surface area contributed by atoms with Gasteiger partial charge in [-0.3, -0.25) is 0 Å². The number of hydrogen-bond acceptors (Lipinski definition) is 0. The summed E-state index contributed by atoms with van der Waals surface area (Å²) in [6.45, 7) is 2.04. The minimum absolute atomic E-state index is 0.218. The van der Waals surface area contributed by atoms with Gasteiger partial charge in [0.2, 0.25) is 0 Å². The largest absolute Gasteiger partial charge is 0.416 e. The second kappa shape index (κ2) is 6.53. The Kier molecular flexibility index (Phi) is 5.15. The second-order valence-corrected chi connectivity index (χ2v) is 6.52. The van der Waals surface area contributed by atoms with E-state index in [9.17, 15) is 13.2 Å². The molecule has 1 atom stereocenters. The van der Waals surface area contributed by atoms with E-state index >= 15 is 0 Å². The molecule has 1 unspecified atom stereocenters. The van der Waals surface area contributed by atoms with E-state index in [0.717, 1.165) is 23.6 Å². The van der Waals surface area contributed by atoms with Crippen LogP contribution in [0.2, 0.25) is 0 Å². The van der Waals surface area contributed by atoms with Gasteiger partial charge in [0.1, 0.15) is 0 Å². The third-order valence-electron chi connectivity index (χ3n) is 3.27. The van der Waals surface area contributed by atoms with Gasteiger partial charge in [0.25, 0.3) is 0 Å². The van der Waals surface area contributed by atoms with E-state index in [4.69, 9.17) is 0 Å². The van der Waals surface area contributed by atoms with Gasteiger partial charge in [0, 0.05) is 4.47 Å². The van der Waals surface area contributed by atoms with E-state index in [2.05, 4.69) is 31.9 Å². The second-order valence-electron chi connectivity index (χ2n) is 4.69. The molecule has 0 amide bonds. The first kappa shape index (κ1) is 16.6. The van der Waals surface area contributed by atoms with Crippen molar-refractivity contribution in [2.75, 3.05) is 0 Å². The van der Waals surface area contributed by atoms with Gasteiger partial charge in [-0.05, 0) is 35.2 Å². The van der Waals surface area contributed by atoms with Crippen LogP contribution in [0.4, 0.5) is 13.2 Å². The van der Waals surface area contributed by atoms with Crippen molar-refractivity contribution < 1.29 is 13.2 Å². The highest BCUT2D eigenvalue weighted by Gasteiger charge is 2.35. The molecule has 0 aromatic heterocycles. The molecule has 21 heavy (non-hydrogen) atoms. The summed E-state index contributed by atoms with van der Waals surface area (Å²) in [7, 11) is 0. The van der Waals surface area contributed by atoms with Crippen molar-refractivity contribution in [3.8, 4) is 0 Å². The lowest BCUT2D eigenvalue weighted by atomic mass is 9.98. The molecule has 2 rings (SSSR count). The van der Waals surface area contributed by atoms with E-state index < -0.39 is 16.6 Å². The van der Waals surface area contributed by atoms with Gasteiger partial charge in [-0.1, -0.05) is 69.1 Å². The molecule has 0 nitrogen and oxygen atoms in total. The summed E-state index contributed by atoms with van der Waals surface area (Å²) in [5, 5.41) is 0. The van der Waals surface area contributed by atoms with Crippen LogP contribution in [-0.4, -0.2) is 0 Å². The number of rotatable bonds is 3. The highest BCUT2D eigenvalue weighted by molar-refractivity contribution is 9.10. The fourth-order valence-electron chi connectivity index (χ4n) is 2.10. The molecule has 0 radical (unpaired) electrons. The lowest BCUT2D eigenvalue weighted by Gasteiger charge is -2.18. The van der Waals surface area contributed by atoms with Gasteiger partial charge in [-0.2, -0.15) is 13.2 Å². The van der Waals surface area contributed by atoms with E-state index in [1.807, 2.05) is 31.2 Å². The van der Waals surface area contributed by atoms with E-state index in [1.165, 1.54) is 6.07 Å². The fraction of sp³-hybridized carbons (Fsp3) is 0.250. The number of halogens is 5. The molecule has 0 aliphatic heterocycles. The van der Waals surface area contributed by atoms with Crippen LogP contribution in [0.3, 0.4) is 0 Å². The van der Waals surface area contributed by atoms with Gasteiger partial charge in [-0.25, -0.2) is 0 Å². The predicted octanol–water partition coefficient (Wildman–Crippen LogP) is 6.51. The number of aryl methyl sites for hydroxylation is 1. The van der Waals surface area contributed by atoms with E-state index in [-0.39, 0.29) is 5.56 Å². The maximum atomic E-state index is 13.2. The van der Waals surface area contributed by atoms with Crippen molar-refractivity contribution in [1.82, 2.24) is 0 Å². The minimum atomic E-state index is -4.38. The molecule has 0 heterocycles. The van der Waals surface area contributed by atoms with Crippen molar-refractivity contribution in [3.63, 3.8) is 0 Å². The van der Waals surface area contributed by atoms with Gasteiger partial charge in [0.15, 0.2) is 0 Å². The lowest BCUT2D eigenvalue weighted by Crippen LogP contribution is -2.10. The summed E-state index contributed by atoms with van der Waals surface area (Å²) in [6.07, 6.45) is -3.48. The third kappa shape index (κ3) is 3.89. The first-order chi connectivity index (χ1) is 9.82. The SMILES string of the molecule is CCc1ccc(C(Br)c2ccc(Br)cc2C(F)(F)F)cc1. The summed E-state index contributed by atoms with van der Waals surface area (Å²) in [4.78, 5) is -0.492. The maximum absolute atomic E-state index is 13.2. The Hall–Kier alpha value is -0.810. The number of benzene rings is 2. The molecule has 0 spiro atoms. The Bertz CT molecular complexity index is 618. The van der Waals surface area contributed by atoms with Crippen LogP contribution in [0.5, 0.6) is 0 Å². The Labute approximate surface area is 138 Å². The van der Waals surface area contributed by atoms with Gasteiger partial charge in [0.05, 0.1) is 10.4 Å². The molecule has 0 fully saturated rings. The molecule has 0 saturated carbocycles. The standard InChI is InChI=1S/C16H13Br2F3/c1-2-10-3-5-11(6-4-10)15(18)13-8-7-12(17)9-14(13)16(19,20)21/h3-9,15H,2H2,1H3. The fourth-order valence-corrected chi connectivity index (χ4v) is 3.16. The third-order valence-corrected chi connectivity index (χ3v) is 4.79. The summed E-state index contributed by atoms with van der Waals surface area (Å²) in [5.41, 5.74) is 1.55. The van der Waals surface area contributed by atoms with Crippen molar-refractivity contribution in [1.29, 1.82) is 0 Å². The highest BCUT2D eigenvalue weighted by Crippen LogP contribution is 2.41. The summed E-state index contributed by atoms with van der Waals surface area (Å²) < 4.78 is 40.0. The molecule has 0 bridgehead atoms. The van der Waals surface area contributed by atoms with Crippen molar-refractivity contribution in [3.05, 3.63) is 69.2 Å². The van der Waals surface area contributed by atoms with Gasteiger partial charge in [-0.15, -0.1) is 0 Å². The lowest BCUT2D eigenvalue weighted by molar-refractivity contribution is -0.138. The molecule has 2 aromatic rings. The maximum Gasteiger partial charge on any atom is 0.416 e. The quantitative estimate of drug-likeness (QED) is 0.495. The van der Waals surface area contributed by atoms with Crippen molar-refractivity contribution in [2.45, 2.75) is 24.3 Å². The average molecular weight is 422 g/mol. The normalized spacial score (nSPS) is 13.2. The molecule has 0 aliphatic rings. The first-order valence-corrected chi connectivity index (χ1v) is 8.13. The molecular formula is C16H13Br2F3. The van der Waals surface area contributed by atoms with Crippen LogP contribution in [0.15, 0.2) is 46.9 Å². The molecule has 2 aromatic carbocycles. The molecule has 0 saturated heterocycles. The molecule has 112 valence electrons. The Morgan fingerprint density at radius 1 is 1.05 bits per heavy atom. The van der Waals surface area contributed by atoms with Crippen molar-refractivity contribution in [2.24, 2.45) is 0 Å². The first-order valence-electron chi connectivity index (χ1n) is 6.42. The topological polar surface area (TPSA) is 0 Å². The monoisotopic (exact) mass is 420 g/mol. The van der Waals surface area contributed by atoms with Crippen LogP contribution in [0.1, 0.15) is 34.0 Å². The predicted molar refractivity (Wildman–Crippen MR) is 85.7 cm³/mol. The van der Waals surface area contributed by atoms with Crippen LogP contribution >= 0.6 is 31.9 Å². The van der Waals surface area contributed by atoms with Crippen LogP contribution < -0.4 is 0 Å².